The standard InChI is InChI=1S/C11H14O5S/c1-3-16-11(13)10(12)8-6-4-5-7-9(8)17(2,14)15/h4-7,10,12H,3H2,1-2H3. The monoisotopic (exact) mass is 258 g/mol. The molecular weight excluding hydrogens is 244 g/mol. The summed E-state index contributed by atoms with van der Waals surface area (Å²) >= 11 is 0. The van der Waals surface area contributed by atoms with Crippen LogP contribution < -0.4 is 0 Å². The molecule has 0 amide bonds. The van der Waals surface area contributed by atoms with Crippen LogP contribution in [0.25, 0.3) is 0 Å². The number of hydrogen-bond donors (Lipinski definition) is 1. The first-order chi connectivity index (χ1) is 7.88. The van der Waals surface area contributed by atoms with E-state index in [9.17, 15) is 18.3 Å². The maximum absolute atomic E-state index is 11.5. The summed E-state index contributed by atoms with van der Waals surface area (Å²) in [5, 5.41) is 9.73. The molecule has 1 rings (SSSR count). The van der Waals surface area contributed by atoms with Gasteiger partial charge in [0.25, 0.3) is 0 Å². The van der Waals surface area contributed by atoms with Gasteiger partial charge in [0.05, 0.1) is 11.5 Å². The number of ether oxygens (including phenoxy) is 1. The molecule has 0 aromatic heterocycles. The molecule has 6 heteroatoms. The van der Waals surface area contributed by atoms with Gasteiger partial charge in [-0.3, -0.25) is 0 Å². The minimum absolute atomic E-state index is 0.0356. The molecule has 5 nitrogen and oxygen atoms in total. The van der Waals surface area contributed by atoms with Crippen molar-refractivity contribution in [2.45, 2.75) is 17.9 Å². The van der Waals surface area contributed by atoms with Crippen molar-refractivity contribution in [3.05, 3.63) is 29.8 Å². The minimum atomic E-state index is -3.49. The van der Waals surface area contributed by atoms with Crippen molar-refractivity contribution in [3.8, 4) is 0 Å². The Morgan fingerprint density at radius 2 is 2.00 bits per heavy atom. The van der Waals surface area contributed by atoms with Crippen molar-refractivity contribution >= 4 is 15.8 Å². The molecule has 0 saturated heterocycles. The van der Waals surface area contributed by atoms with Crippen molar-refractivity contribution in [2.75, 3.05) is 12.9 Å². The third-order valence-electron chi connectivity index (χ3n) is 2.12. The van der Waals surface area contributed by atoms with E-state index >= 15 is 0 Å². The first-order valence-electron chi connectivity index (χ1n) is 5.01. The first kappa shape index (κ1) is 13.7. The molecule has 1 unspecified atom stereocenters. The van der Waals surface area contributed by atoms with Crippen molar-refractivity contribution in [2.24, 2.45) is 0 Å². The number of carbonyl (C=O) groups is 1. The van der Waals surface area contributed by atoms with Crippen LogP contribution in [0.2, 0.25) is 0 Å². The molecule has 1 aromatic rings. The predicted octanol–water partition coefficient (Wildman–Crippen LogP) is 0.687. The molecule has 0 spiro atoms. The molecule has 0 radical (unpaired) electrons. The van der Waals surface area contributed by atoms with Crippen LogP contribution >= 0.6 is 0 Å². The fourth-order valence-electron chi connectivity index (χ4n) is 1.39. The van der Waals surface area contributed by atoms with Crippen LogP contribution in [0, 0.1) is 0 Å². The number of benzene rings is 1. The number of carbonyl (C=O) groups excluding carboxylic acids is 1. The van der Waals surface area contributed by atoms with Gasteiger partial charge in [-0.15, -0.1) is 0 Å². The highest BCUT2D eigenvalue weighted by atomic mass is 32.2. The summed E-state index contributed by atoms with van der Waals surface area (Å²) in [6.45, 7) is 1.73. The molecule has 0 bridgehead atoms. The van der Waals surface area contributed by atoms with E-state index in [2.05, 4.69) is 4.74 Å². The third kappa shape index (κ3) is 3.28. The first-order valence-corrected chi connectivity index (χ1v) is 6.90. The second kappa shape index (κ2) is 5.29. The van der Waals surface area contributed by atoms with Crippen LogP contribution in [0.3, 0.4) is 0 Å². The Morgan fingerprint density at radius 3 is 2.53 bits per heavy atom. The van der Waals surface area contributed by atoms with E-state index in [0.717, 1.165) is 6.26 Å². The van der Waals surface area contributed by atoms with E-state index < -0.39 is 21.9 Å². The Kier molecular flexibility index (Phi) is 4.25. The van der Waals surface area contributed by atoms with E-state index in [4.69, 9.17) is 0 Å². The van der Waals surface area contributed by atoms with Crippen LogP contribution in [-0.2, 0) is 19.4 Å². The Morgan fingerprint density at radius 1 is 1.41 bits per heavy atom. The van der Waals surface area contributed by atoms with Gasteiger partial charge in [-0.25, -0.2) is 13.2 Å². The van der Waals surface area contributed by atoms with Crippen LogP contribution in [0.1, 0.15) is 18.6 Å². The second-order valence-corrected chi connectivity index (χ2v) is 5.45. The Bertz CT molecular complexity index is 506. The maximum atomic E-state index is 11.5. The van der Waals surface area contributed by atoms with E-state index in [1.54, 1.807) is 13.0 Å². The summed E-state index contributed by atoms with van der Waals surface area (Å²) in [7, 11) is -3.49. The highest BCUT2D eigenvalue weighted by Crippen LogP contribution is 2.23. The number of hydrogen-bond acceptors (Lipinski definition) is 5. The van der Waals surface area contributed by atoms with Gasteiger partial charge in [-0.2, -0.15) is 0 Å². The van der Waals surface area contributed by atoms with Gasteiger partial charge in [0.2, 0.25) is 0 Å². The lowest BCUT2D eigenvalue weighted by molar-refractivity contribution is -0.153. The Labute approximate surface area is 100.0 Å². The molecule has 94 valence electrons. The van der Waals surface area contributed by atoms with E-state index in [1.807, 2.05) is 0 Å². The summed E-state index contributed by atoms with van der Waals surface area (Å²) < 4.78 is 27.6. The number of aliphatic hydroxyl groups is 1. The Balaban J connectivity index is 3.19. The van der Waals surface area contributed by atoms with Crippen LogP contribution in [0.15, 0.2) is 29.2 Å². The van der Waals surface area contributed by atoms with E-state index in [-0.39, 0.29) is 17.1 Å². The van der Waals surface area contributed by atoms with Crippen LogP contribution in [-0.4, -0.2) is 32.4 Å². The van der Waals surface area contributed by atoms with Crippen molar-refractivity contribution in [3.63, 3.8) is 0 Å². The van der Waals surface area contributed by atoms with Gasteiger partial charge < -0.3 is 9.84 Å². The molecular formula is C11H14O5S. The quantitative estimate of drug-likeness (QED) is 0.803. The zero-order valence-corrected chi connectivity index (χ0v) is 10.4. The lowest BCUT2D eigenvalue weighted by Gasteiger charge is -2.13. The molecule has 0 aliphatic rings. The lowest BCUT2D eigenvalue weighted by Crippen LogP contribution is -2.18. The van der Waals surface area contributed by atoms with Crippen molar-refractivity contribution in [1.82, 2.24) is 0 Å². The number of esters is 1. The Hall–Kier alpha value is -1.40. The summed E-state index contributed by atoms with van der Waals surface area (Å²) in [5.41, 5.74) is 0.0356. The number of aliphatic hydroxyl groups excluding tert-OH is 1. The van der Waals surface area contributed by atoms with Gasteiger partial charge >= 0.3 is 5.97 Å². The van der Waals surface area contributed by atoms with Gasteiger partial charge in [-0.1, -0.05) is 18.2 Å². The topological polar surface area (TPSA) is 80.7 Å². The van der Waals surface area contributed by atoms with E-state index in [0.29, 0.717) is 0 Å². The van der Waals surface area contributed by atoms with Crippen molar-refractivity contribution in [1.29, 1.82) is 0 Å². The SMILES string of the molecule is CCOC(=O)C(O)c1ccccc1S(C)(=O)=O. The molecule has 1 atom stereocenters. The van der Waals surface area contributed by atoms with E-state index in [1.165, 1.54) is 18.2 Å². The number of rotatable bonds is 4. The zero-order valence-electron chi connectivity index (χ0n) is 9.58. The summed E-state index contributed by atoms with van der Waals surface area (Å²) in [4.78, 5) is 11.3. The van der Waals surface area contributed by atoms with Crippen LogP contribution in [0.5, 0.6) is 0 Å². The van der Waals surface area contributed by atoms with Gasteiger partial charge in [0.1, 0.15) is 0 Å². The third-order valence-corrected chi connectivity index (χ3v) is 3.29. The average Bonchev–Trinajstić information content (AvgIpc) is 2.27. The summed E-state index contributed by atoms with van der Waals surface area (Å²) in [6.07, 6.45) is -0.565. The average molecular weight is 258 g/mol. The zero-order chi connectivity index (χ0) is 13.1. The van der Waals surface area contributed by atoms with Gasteiger partial charge in [0, 0.05) is 11.8 Å². The molecule has 17 heavy (non-hydrogen) atoms. The minimum Gasteiger partial charge on any atom is -0.464 e. The normalized spacial score (nSPS) is 13.1. The van der Waals surface area contributed by atoms with Gasteiger partial charge in [-0.05, 0) is 13.0 Å². The highest BCUT2D eigenvalue weighted by molar-refractivity contribution is 7.90. The summed E-state index contributed by atoms with van der Waals surface area (Å²) in [5.74, 6) is -0.858. The molecule has 0 fully saturated rings. The predicted molar refractivity (Wildman–Crippen MR) is 61.1 cm³/mol. The van der Waals surface area contributed by atoms with Crippen LogP contribution in [0.4, 0.5) is 0 Å². The van der Waals surface area contributed by atoms with Gasteiger partial charge in [0.15, 0.2) is 15.9 Å². The number of sulfone groups is 1. The van der Waals surface area contributed by atoms with Crippen molar-refractivity contribution < 1.29 is 23.1 Å². The largest absolute Gasteiger partial charge is 0.464 e. The summed E-state index contributed by atoms with van der Waals surface area (Å²) in [6, 6.07) is 5.80. The molecule has 0 saturated carbocycles. The fourth-order valence-corrected chi connectivity index (χ4v) is 2.33. The smallest absolute Gasteiger partial charge is 0.339 e. The fraction of sp³-hybridized carbons (Fsp3) is 0.364. The molecule has 0 aliphatic carbocycles. The molecule has 0 heterocycles. The maximum Gasteiger partial charge on any atom is 0.339 e. The highest BCUT2D eigenvalue weighted by Gasteiger charge is 2.24. The molecule has 1 N–H and O–H groups in total. The lowest BCUT2D eigenvalue weighted by atomic mass is 10.1. The molecule has 1 aromatic carbocycles. The second-order valence-electron chi connectivity index (χ2n) is 3.46. The molecule has 0 aliphatic heterocycles.